The minimum atomic E-state index is -4.57. The maximum absolute atomic E-state index is 12.7. The van der Waals surface area contributed by atoms with Crippen LogP contribution in [0.3, 0.4) is 0 Å². The number of hydrogen-bond donors (Lipinski definition) is 0. The summed E-state index contributed by atoms with van der Waals surface area (Å²) in [5.74, 6) is -0.544. The number of nitrogens with zero attached hydrogens (tertiary/aromatic N) is 2. The van der Waals surface area contributed by atoms with Crippen LogP contribution in [0.15, 0.2) is 5.51 Å². The van der Waals surface area contributed by atoms with Crippen molar-refractivity contribution in [1.82, 2.24) is 9.88 Å². The minimum Gasteiger partial charge on any atom is -0.335 e. The third-order valence-corrected chi connectivity index (χ3v) is 3.91. The van der Waals surface area contributed by atoms with Crippen molar-refractivity contribution in [1.29, 1.82) is 0 Å². The van der Waals surface area contributed by atoms with Gasteiger partial charge in [0.15, 0.2) is 5.69 Å². The highest BCUT2D eigenvalue weighted by atomic mass is 32.1. The number of aromatic nitrogens is 1. The van der Waals surface area contributed by atoms with E-state index in [4.69, 9.17) is 0 Å². The number of thiazole rings is 1. The van der Waals surface area contributed by atoms with Gasteiger partial charge in [0.05, 0.1) is 5.51 Å². The van der Waals surface area contributed by atoms with Gasteiger partial charge in [-0.15, -0.1) is 11.3 Å². The van der Waals surface area contributed by atoms with Crippen molar-refractivity contribution in [3.8, 4) is 0 Å². The lowest BCUT2D eigenvalue weighted by Crippen LogP contribution is -2.42. The summed E-state index contributed by atoms with van der Waals surface area (Å²) in [5.41, 5.74) is 0.0141. The normalized spacial score (nSPS) is 21.1. The fraction of sp³-hybridized carbons (Fsp3) is 0.636. The lowest BCUT2D eigenvalue weighted by atomic mass is 10.0. The Morgan fingerprint density at radius 3 is 2.83 bits per heavy atom. The van der Waals surface area contributed by atoms with Gasteiger partial charge in [-0.1, -0.05) is 0 Å². The number of likely N-dealkylation sites (tertiary alicyclic amines) is 1. The Morgan fingerprint density at radius 1 is 1.50 bits per heavy atom. The van der Waals surface area contributed by atoms with E-state index in [0.29, 0.717) is 6.54 Å². The van der Waals surface area contributed by atoms with Gasteiger partial charge in [0.1, 0.15) is 4.88 Å². The van der Waals surface area contributed by atoms with Crippen LogP contribution in [0.25, 0.3) is 0 Å². The molecular weight excluding hydrogens is 265 g/mol. The van der Waals surface area contributed by atoms with Gasteiger partial charge in [-0.3, -0.25) is 4.79 Å². The molecule has 0 aliphatic carbocycles. The molecule has 1 atom stereocenters. The highest BCUT2D eigenvalue weighted by molar-refractivity contribution is 7.11. The lowest BCUT2D eigenvalue weighted by molar-refractivity contribution is -0.141. The zero-order valence-corrected chi connectivity index (χ0v) is 10.6. The van der Waals surface area contributed by atoms with E-state index in [9.17, 15) is 18.0 Å². The Bertz CT molecular complexity index is 444. The van der Waals surface area contributed by atoms with Crippen molar-refractivity contribution in [2.75, 3.05) is 6.54 Å². The van der Waals surface area contributed by atoms with Gasteiger partial charge >= 0.3 is 6.18 Å². The van der Waals surface area contributed by atoms with E-state index >= 15 is 0 Å². The van der Waals surface area contributed by atoms with E-state index in [0.717, 1.165) is 36.1 Å². The molecule has 2 heterocycles. The molecule has 0 bridgehead atoms. The molecule has 0 saturated carbocycles. The van der Waals surface area contributed by atoms with Gasteiger partial charge in [-0.25, -0.2) is 4.98 Å². The molecule has 1 unspecified atom stereocenters. The number of halogens is 3. The summed E-state index contributed by atoms with van der Waals surface area (Å²) in [4.78, 5) is 16.6. The van der Waals surface area contributed by atoms with Crippen molar-refractivity contribution < 1.29 is 18.0 Å². The number of alkyl halides is 3. The van der Waals surface area contributed by atoms with E-state index in [2.05, 4.69) is 4.98 Å². The Hall–Kier alpha value is -1.11. The number of carbonyl (C=O) groups is 1. The molecule has 0 aromatic carbocycles. The van der Waals surface area contributed by atoms with Gasteiger partial charge in [0.25, 0.3) is 5.91 Å². The SMILES string of the molecule is CC1CCCCN1C(=O)c1scnc1C(F)(F)F. The van der Waals surface area contributed by atoms with E-state index in [1.165, 1.54) is 4.90 Å². The summed E-state index contributed by atoms with van der Waals surface area (Å²) in [5, 5.41) is 0. The van der Waals surface area contributed by atoms with Crippen molar-refractivity contribution in [3.05, 3.63) is 16.1 Å². The van der Waals surface area contributed by atoms with E-state index in [1.54, 1.807) is 0 Å². The first-order valence-corrected chi connectivity index (χ1v) is 6.61. The Morgan fingerprint density at radius 2 is 2.22 bits per heavy atom. The smallest absolute Gasteiger partial charge is 0.335 e. The van der Waals surface area contributed by atoms with E-state index in [1.807, 2.05) is 6.92 Å². The molecule has 0 N–H and O–H groups in total. The molecule has 1 aromatic heterocycles. The van der Waals surface area contributed by atoms with E-state index < -0.39 is 17.8 Å². The number of carbonyl (C=O) groups excluding carboxylic acids is 1. The molecule has 0 spiro atoms. The first kappa shape index (κ1) is 13.3. The van der Waals surface area contributed by atoms with E-state index in [-0.39, 0.29) is 10.9 Å². The molecule has 0 radical (unpaired) electrons. The summed E-state index contributed by atoms with van der Waals surface area (Å²) in [6, 6.07) is -0.00515. The molecule has 1 aliphatic heterocycles. The van der Waals surface area contributed by atoms with Gasteiger partial charge in [-0.2, -0.15) is 13.2 Å². The number of hydrogen-bond acceptors (Lipinski definition) is 3. The van der Waals surface area contributed by atoms with Crippen molar-refractivity contribution >= 4 is 17.2 Å². The first-order chi connectivity index (χ1) is 8.41. The second-order valence-corrected chi connectivity index (χ2v) is 5.23. The van der Waals surface area contributed by atoms with Crippen molar-refractivity contribution in [3.63, 3.8) is 0 Å². The predicted molar refractivity (Wildman–Crippen MR) is 61.5 cm³/mol. The molecule has 1 aromatic rings. The van der Waals surface area contributed by atoms with Crippen LogP contribution in [0.2, 0.25) is 0 Å². The number of piperidine rings is 1. The van der Waals surface area contributed by atoms with Gasteiger partial charge in [0, 0.05) is 12.6 Å². The summed E-state index contributed by atoms with van der Waals surface area (Å²) < 4.78 is 38.0. The summed E-state index contributed by atoms with van der Waals surface area (Å²) >= 11 is 0.758. The Kier molecular flexibility index (Phi) is 3.61. The third kappa shape index (κ3) is 2.50. The molecule has 100 valence electrons. The van der Waals surface area contributed by atoms with Crippen LogP contribution in [-0.2, 0) is 6.18 Å². The monoisotopic (exact) mass is 278 g/mol. The van der Waals surface area contributed by atoms with Crippen molar-refractivity contribution in [2.24, 2.45) is 0 Å². The van der Waals surface area contributed by atoms with Gasteiger partial charge in [-0.05, 0) is 26.2 Å². The second-order valence-electron chi connectivity index (χ2n) is 4.37. The van der Waals surface area contributed by atoms with Crippen LogP contribution in [0.1, 0.15) is 41.6 Å². The molecule has 2 rings (SSSR count). The summed E-state index contributed by atoms with van der Waals surface area (Å²) in [6.45, 7) is 2.39. The minimum absolute atomic E-state index is 0.00515. The second kappa shape index (κ2) is 4.87. The average Bonchev–Trinajstić information content (AvgIpc) is 2.77. The zero-order valence-electron chi connectivity index (χ0n) is 9.83. The molecule has 1 aliphatic rings. The standard InChI is InChI=1S/C11H13F3N2OS/c1-7-4-2-3-5-16(7)10(17)8-9(11(12,13)14)15-6-18-8/h6-7H,2-5H2,1H3. The topological polar surface area (TPSA) is 33.2 Å². The molecular formula is C11H13F3N2OS. The van der Waals surface area contributed by atoms with Gasteiger partial charge < -0.3 is 4.90 Å². The average molecular weight is 278 g/mol. The summed E-state index contributed by atoms with van der Waals surface area (Å²) in [7, 11) is 0. The van der Waals surface area contributed by atoms with Gasteiger partial charge in [0.2, 0.25) is 0 Å². The van der Waals surface area contributed by atoms with Crippen LogP contribution in [-0.4, -0.2) is 28.4 Å². The highest BCUT2D eigenvalue weighted by Crippen LogP contribution is 2.34. The molecule has 3 nitrogen and oxygen atoms in total. The van der Waals surface area contributed by atoms with Crippen LogP contribution in [0.4, 0.5) is 13.2 Å². The largest absolute Gasteiger partial charge is 0.434 e. The lowest BCUT2D eigenvalue weighted by Gasteiger charge is -2.33. The van der Waals surface area contributed by atoms with Crippen molar-refractivity contribution in [2.45, 2.75) is 38.4 Å². The first-order valence-electron chi connectivity index (χ1n) is 5.73. The fourth-order valence-corrected chi connectivity index (χ4v) is 2.89. The third-order valence-electron chi connectivity index (χ3n) is 3.09. The predicted octanol–water partition coefficient (Wildman–Crippen LogP) is 3.18. The Balaban J connectivity index is 2.26. The van der Waals surface area contributed by atoms with Crippen LogP contribution < -0.4 is 0 Å². The highest BCUT2D eigenvalue weighted by Gasteiger charge is 2.40. The Labute approximate surface area is 107 Å². The number of amides is 1. The molecule has 1 amide bonds. The molecule has 18 heavy (non-hydrogen) atoms. The summed E-state index contributed by atoms with van der Waals surface area (Å²) in [6.07, 6.45) is -1.87. The van der Waals surface area contributed by atoms with Crippen LogP contribution >= 0.6 is 11.3 Å². The van der Waals surface area contributed by atoms with Crippen LogP contribution in [0.5, 0.6) is 0 Å². The number of rotatable bonds is 1. The molecule has 7 heteroatoms. The van der Waals surface area contributed by atoms with Crippen LogP contribution in [0, 0.1) is 0 Å². The zero-order chi connectivity index (χ0) is 13.3. The maximum atomic E-state index is 12.7. The maximum Gasteiger partial charge on any atom is 0.434 e. The quantitative estimate of drug-likeness (QED) is 0.790. The fourth-order valence-electron chi connectivity index (χ4n) is 2.13. The molecule has 1 saturated heterocycles. The molecule has 1 fully saturated rings.